The first-order valence-electron chi connectivity index (χ1n) is 8.42. The van der Waals surface area contributed by atoms with Crippen LogP contribution in [0, 0.1) is 32.5 Å². The summed E-state index contributed by atoms with van der Waals surface area (Å²) >= 11 is 5.30. The smallest absolute Gasteiger partial charge is 0.216 e. The summed E-state index contributed by atoms with van der Waals surface area (Å²) in [6.45, 7) is 8.48. The fourth-order valence-corrected chi connectivity index (χ4v) is 2.86. The normalized spacial score (nSPS) is 11.2. The summed E-state index contributed by atoms with van der Waals surface area (Å²) in [5, 5.41) is 11.5. The third kappa shape index (κ3) is 4.08. The Morgan fingerprint density at radius 1 is 1.08 bits per heavy atom. The van der Waals surface area contributed by atoms with Crippen LogP contribution < -0.4 is 4.74 Å². The molecule has 0 amide bonds. The zero-order valence-electron chi connectivity index (χ0n) is 15.4. The Morgan fingerprint density at radius 2 is 1.81 bits per heavy atom. The molecule has 1 heterocycles. The van der Waals surface area contributed by atoms with E-state index >= 15 is 0 Å². The monoisotopic (exact) mass is 366 g/mol. The molecule has 0 saturated carbocycles. The number of nitrogens with one attached hydrogen (secondary N) is 1. The Kier molecular flexibility index (Phi) is 5.32. The highest BCUT2D eigenvalue weighted by molar-refractivity contribution is 7.71. The number of hydrogen-bond donors (Lipinski definition) is 1. The van der Waals surface area contributed by atoms with E-state index < -0.39 is 0 Å². The topological polar surface area (TPSA) is 55.2 Å². The largest absolute Gasteiger partial charge is 0.485 e. The van der Waals surface area contributed by atoms with Gasteiger partial charge < -0.3 is 4.74 Å². The Morgan fingerprint density at radius 3 is 2.58 bits per heavy atom. The van der Waals surface area contributed by atoms with E-state index in [-0.39, 0.29) is 6.61 Å². The van der Waals surface area contributed by atoms with Crippen LogP contribution in [-0.4, -0.2) is 21.1 Å². The summed E-state index contributed by atoms with van der Waals surface area (Å²) in [6.07, 6.45) is 1.80. The zero-order chi connectivity index (χ0) is 18.7. The van der Waals surface area contributed by atoms with Crippen LogP contribution in [0.5, 0.6) is 5.75 Å². The van der Waals surface area contributed by atoms with Gasteiger partial charge in [-0.15, -0.1) is 0 Å². The SMILES string of the molecule is Cc1ccc(OCc2n[nH]c(=S)n2/N=C\c2cc(C)ccc2C)c(C)c1. The maximum absolute atomic E-state index is 5.90. The fourth-order valence-electron chi connectivity index (χ4n) is 2.66. The van der Waals surface area contributed by atoms with Crippen molar-refractivity contribution >= 4 is 18.4 Å². The first-order valence-corrected chi connectivity index (χ1v) is 8.83. The quantitative estimate of drug-likeness (QED) is 0.529. The molecule has 3 aromatic rings. The van der Waals surface area contributed by atoms with E-state index in [0.717, 1.165) is 22.4 Å². The van der Waals surface area contributed by atoms with Crippen LogP contribution in [0.1, 0.15) is 33.6 Å². The highest BCUT2D eigenvalue weighted by Crippen LogP contribution is 2.19. The van der Waals surface area contributed by atoms with E-state index in [9.17, 15) is 0 Å². The molecule has 26 heavy (non-hydrogen) atoms. The molecular formula is C20H22N4OS. The molecule has 0 bridgehead atoms. The minimum Gasteiger partial charge on any atom is -0.485 e. The number of rotatable bonds is 5. The van der Waals surface area contributed by atoms with Gasteiger partial charge >= 0.3 is 0 Å². The lowest BCUT2D eigenvalue weighted by Gasteiger charge is -2.09. The molecule has 0 spiro atoms. The summed E-state index contributed by atoms with van der Waals surface area (Å²) in [6, 6.07) is 12.3. The van der Waals surface area contributed by atoms with Crippen molar-refractivity contribution in [3.63, 3.8) is 0 Å². The second kappa shape index (κ2) is 7.66. The fraction of sp³-hybridized carbons (Fsp3) is 0.250. The van der Waals surface area contributed by atoms with E-state index in [1.807, 2.05) is 19.1 Å². The molecule has 0 fully saturated rings. The summed E-state index contributed by atoms with van der Waals surface area (Å²) in [4.78, 5) is 0. The van der Waals surface area contributed by atoms with Crippen LogP contribution in [-0.2, 0) is 6.61 Å². The number of hydrogen-bond acceptors (Lipinski definition) is 4. The van der Waals surface area contributed by atoms with E-state index in [2.05, 4.69) is 60.3 Å². The number of benzene rings is 2. The molecule has 2 aromatic carbocycles. The Labute approximate surface area is 158 Å². The van der Waals surface area contributed by atoms with Gasteiger partial charge in [0.05, 0.1) is 6.21 Å². The number of H-pyrrole nitrogens is 1. The number of aromatic amines is 1. The molecule has 0 aliphatic rings. The first kappa shape index (κ1) is 18.1. The Hall–Kier alpha value is -2.73. The molecule has 3 rings (SSSR count). The van der Waals surface area contributed by atoms with Crippen molar-refractivity contribution in [3.05, 3.63) is 74.8 Å². The molecule has 1 N–H and O–H groups in total. The molecule has 0 saturated heterocycles. The van der Waals surface area contributed by atoms with Gasteiger partial charge in [-0.05, 0) is 62.7 Å². The third-order valence-corrected chi connectivity index (χ3v) is 4.42. The maximum Gasteiger partial charge on any atom is 0.216 e. The Balaban J connectivity index is 1.81. The van der Waals surface area contributed by atoms with Crippen molar-refractivity contribution in [2.45, 2.75) is 34.3 Å². The van der Waals surface area contributed by atoms with Crippen molar-refractivity contribution in [1.82, 2.24) is 14.9 Å². The standard InChI is InChI=1S/C20H22N4OS/c1-13-6-8-18(16(4)9-13)25-12-19-22-23-20(26)24(19)21-11-17-10-14(2)5-7-15(17)3/h5-11H,12H2,1-4H3,(H,23,26)/b21-11-. The van der Waals surface area contributed by atoms with Gasteiger partial charge in [0.2, 0.25) is 4.77 Å². The van der Waals surface area contributed by atoms with Crippen molar-refractivity contribution in [3.8, 4) is 5.75 Å². The van der Waals surface area contributed by atoms with Crippen LogP contribution >= 0.6 is 12.2 Å². The van der Waals surface area contributed by atoms with Crippen LogP contribution in [0.3, 0.4) is 0 Å². The van der Waals surface area contributed by atoms with Gasteiger partial charge in [0.25, 0.3) is 0 Å². The number of aromatic nitrogens is 3. The third-order valence-electron chi connectivity index (χ3n) is 4.15. The predicted molar refractivity (Wildman–Crippen MR) is 107 cm³/mol. The van der Waals surface area contributed by atoms with E-state index in [4.69, 9.17) is 17.0 Å². The van der Waals surface area contributed by atoms with E-state index in [1.54, 1.807) is 10.9 Å². The second-order valence-electron chi connectivity index (χ2n) is 6.42. The van der Waals surface area contributed by atoms with Gasteiger partial charge in [-0.25, -0.2) is 5.10 Å². The minimum atomic E-state index is 0.279. The number of nitrogens with zero attached hydrogens (tertiary/aromatic N) is 3. The highest BCUT2D eigenvalue weighted by Gasteiger charge is 2.08. The van der Waals surface area contributed by atoms with Gasteiger partial charge in [0.15, 0.2) is 5.82 Å². The van der Waals surface area contributed by atoms with Crippen molar-refractivity contribution in [1.29, 1.82) is 0 Å². The Bertz CT molecular complexity index is 1020. The van der Waals surface area contributed by atoms with E-state index in [1.165, 1.54) is 11.1 Å². The van der Waals surface area contributed by atoms with Gasteiger partial charge in [0.1, 0.15) is 12.4 Å². The molecular weight excluding hydrogens is 344 g/mol. The number of aryl methyl sites for hydroxylation is 4. The molecule has 6 heteroatoms. The average molecular weight is 366 g/mol. The van der Waals surface area contributed by atoms with Gasteiger partial charge in [-0.2, -0.15) is 14.9 Å². The van der Waals surface area contributed by atoms with Crippen LogP contribution in [0.25, 0.3) is 0 Å². The maximum atomic E-state index is 5.90. The summed E-state index contributed by atoms with van der Waals surface area (Å²) < 4.78 is 7.94. The second-order valence-corrected chi connectivity index (χ2v) is 6.81. The molecule has 0 unspecified atom stereocenters. The molecule has 0 aliphatic carbocycles. The predicted octanol–water partition coefficient (Wildman–Crippen LogP) is 4.64. The van der Waals surface area contributed by atoms with Crippen molar-refractivity contribution in [2.75, 3.05) is 0 Å². The molecule has 1 aromatic heterocycles. The molecule has 134 valence electrons. The molecule has 0 atom stereocenters. The average Bonchev–Trinajstić information content (AvgIpc) is 2.95. The van der Waals surface area contributed by atoms with Gasteiger partial charge in [-0.1, -0.05) is 41.5 Å². The molecule has 5 nitrogen and oxygen atoms in total. The number of ether oxygens (including phenoxy) is 1. The van der Waals surface area contributed by atoms with Crippen LogP contribution in [0.15, 0.2) is 41.5 Å². The van der Waals surface area contributed by atoms with E-state index in [0.29, 0.717) is 10.6 Å². The molecule has 0 aliphatic heterocycles. The van der Waals surface area contributed by atoms with Crippen molar-refractivity contribution < 1.29 is 4.74 Å². The molecule has 0 radical (unpaired) electrons. The van der Waals surface area contributed by atoms with Gasteiger partial charge in [-0.3, -0.25) is 0 Å². The summed E-state index contributed by atoms with van der Waals surface area (Å²) in [7, 11) is 0. The van der Waals surface area contributed by atoms with Crippen molar-refractivity contribution in [2.24, 2.45) is 5.10 Å². The lowest BCUT2D eigenvalue weighted by atomic mass is 10.1. The summed E-state index contributed by atoms with van der Waals surface area (Å²) in [5.74, 6) is 1.45. The minimum absolute atomic E-state index is 0.279. The highest BCUT2D eigenvalue weighted by atomic mass is 32.1. The summed E-state index contributed by atoms with van der Waals surface area (Å²) in [5.41, 5.74) is 5.68. The van der Waals surface area contributed by atoms with Crippen LogP contribution in [0.2, 0.25) is 0 Å². The first-order chi connectivity index (χ1) is 12.4. The zero-order valence-corrected chi connectivity index (χ0v) is 16.2. The lowest BCUT2D eigenvalue weighted by molar-refractivity contribution is 0.288. The van der Waals surface area contributed by atoms with Crippen LogP contribution in [0.4, 0.5) is 0 Å². The van der Waals surface area contributed by atoms with Gasteiger partial charge in [0, 0.05) is 0 Å². The lowest BCUT2D eigenvalue weighted by Crippen LogP contribution is -2.05.